The van der Waals surface area contributed by atoms with E-state index >= 15 is 0 Å². The average molecular weight is 465 g/mol. The molecule has 0 aromatic carbocycles. The van der Waals surface area contributed by atoms with Gasteiger partial charge < -0.3 is 4.90 Å². The molecule has 0 bridgehead atoms. The Kier molecular flexibility index (Phi) is 7.11. The fraction of sp³-hybridized carbons (Fsp3) is 0.812. The van der Waals surface area contributed by atoms with E-state index < -0.39 is 0 Å². The molecule has 2 saturated heterocycles. The van der Waals surface area contributed by atoms with Crippen molar-refractivity contribution in [3.63, 3.8) is 0 Å². The topological polar surface area (TPSA) is 6.48 Å². The van der Waals surface area contributed by atoms with Crippen LogP contribution in [-0.2, 0) is 0 Å². The molecular weight excluding hydrogens is 412 g/mol. The predicted octanol–water partition coefficient (Wildman–Crippen LogP) is 7.83. The standard InChI is InChI=1S/C32H52N2/c1-7-19-32(5,6)29-28(31(29)33(8-2)9-3)30-25-17-16-24(23-13-11-10-12-14-23)20-26(25)27-18-15-22(4)21-34(27)30/h11,13-14,22,24-27,29,31H,7-10,12,15-21H2,1-6H3/b30-28-. The van der Waals surface area contributed by atoms with Crippen molar-refractivity contribution in [2.45, 2.75) is 111 Å². The summed E-state index contributed by atoms with van der Waals surface area (Å²) in [5.41, 5.74) is 5.85. The van der Waals surface area contributed by atoms with Crippen LogP contribution in [0.15, 0.2) is 35.1 Å². The SMILES string of the molecule is CCCC(C)(C)C1/C(=C2\C3CCC(C4=CCCC=C4)CC3C3CCC(C)CN23)C1N(CC)CC. The number of rotatable bonds is 7. The molecule has 2 saturated carbocycles. The number of likely N-dealkylation sites (N-methyl/N-ethyl adjacent to an activating group) is 1. The summed E-state index contributed by atoms with van der Waals surface area (Å²) < 4.78 is 0. The Bertz CT molecular complexity index is 828. The zero-order valence-corrected chi connectivity index (χ0v) is 23.2. The Morgan fingerprint density at radius 3 is 2.50 bits per heavy atom. The molecule has 0 radical (unpaired) electrons. The molecule has 0 spiro atoms. The maximum Gasteiger partial charge on any atom is 0.0402 e. The van der Waals surface area contributed by atoms with E-state index in [1.54, 1.807) is 5.57 Å². The van der Waals surface area contributed by atoms with E-state index in [-0.39, 0.29) is 0 Å². The maximum absolute atomic E-state index is 3.02. The van der Waals surface area contributed by atoms with Gasteiger partial charge in [-0.15, -0.1) is 0 Å². The highest BCUT2D eigenvalue weighted by Gasteiger charge is 2.60. The predicted molar refractivity (Wildman–Crippen MR) is 146 cm³/mol. The molecular formula is C32H52N2. The van der Waals surface area contributed by atoms with Crippen LogP contribution in [0.1, 0.15) is 99.3 Å². The van der Waals surface area contributed by atoms with Gasteiger partial charge in [-0.3, -0.25) is 4.90 Å². The smallest absolute Gasteiger partial charge is 0.0402 e. The van der Waals surface area contributed by atoms with Crippen molar-refractivity contribution < 1.29 is 0 Å². The van der Waals surface area contributed by atoms with Gasteiger partial charge in [-0.25, -0.2) is 0 Å². The van der Waals surface area contributed by atoms with Gasteiger partial charge in [-0.2, -0.15) is 0 Å². The largest absolute Gasteiger partial charge is 0.371 e. The lowest BCUT2D eigenvalue weighted by molar-refractivity contribution is 0.132. The van der Waals surface area contributed by atoms with Crippen LogP contribution in [0.25, 0.3) is 0 Å². The molecule has 0 N–H and O–H groups in total. The summed E-state index contributed by atoms with van der Waals surface area (Å²) in [5, 5.41) is 0. The quantitative estimate of drug-likeness (QED) is 0.379. The van der Waals surface area contributed by atoms with Crippen molar-refractivity contribution in [3.8, 4) is 0 Å². The molecule has 0 aromatic heterocycles. The first kappa shape index (κ1) is 24.7. The first-order valence-corrected chi connectivity index (χ1v) is 15.0. The van der Waals surface area contributed by atoms with Crippen LogP contribution in [0, 0.1) is 35.0 Å². The Hall–Kier alpha value is -1.02. The summed E-state index contributed by atoms with van der Waals surface area (Å²) in [6.07, 6.45) is 19.8. The van der Waals surface area contributed by atoms with E-state index in [0.717, 1.165) is 35.6 Å². The number of hydrogen-bond donors (Lipinski definition) is 0. The van der Waals surface area contributed by atoms with Gasteiger partial charge in [0.05, 0.1) is 0 Å². The van der Waals surface area contributed by atoms with E-state index in [1.165, 1.54) is 77.4 Å². The second-order valence-corrected chi connectivity index (χ2v) is 13.1. The number of fused-ring (bicyclic) bond motifs is 3. The van der Waals surface area contributed by atoms with Gasteiger partial charge in [-0.05, 0) is 98.8 Å². The van der Waals surface area contributed by atoms with Gasteiger partial charge in [-0.1, -0.05) is 66.2 Å². The lowest BCUT2D eigenvalue weighted by atomic mass is 9.69. The molecule has 2 nitrogen and oxygen atoms in total. The van der Waals surface area contributed by atoms with Crippen molar-refractivity contribution in [1.82, 2.24) is 9.80 Å². The fourth-order valence-electron chi connectivity index (χ4n) is 8.93. The normalized spacial score (nSPS) is 39.8. The number of piperidine rings is 1. The van der Waals surface area contributed by atoms with Crippen molar-refractivity contribution in [2.75, 3.05) is 19.6 Å². The average Bonchev–Trinajstić information content (AvgIpc) is 3.49. The highest BCUT2D eigenvalue weighted by atomic mass is 15.3. The fourth-order valence-corrected chi connectivity index (χ4v) is 8.93. The molecule has 2 heteroatoms. The molecule has 7 atom stereocenters. The Morgan fingerprint density at radius 1 is 1.03 bits per heavy atom. The molecule has 2 heterocycles. The molecule has 2 aliphatic heterocycles. The Morgan fingerprint density at radius 2 is 1.82 bits per heavy atom. The number of hydrogen-bond acceptors (Lipinski definition) is 2. The molecule has 34 heavy (non-hydrogen) atoms. The van der Waals surface area contributed by atoms with Crippen molar-refractivity contribution >= 4 is 0 Å². The summed E-state index contributed by atoms with van der Waals surface area (Å²) in [4.78, 5) is 5.81. The summed E-state index contributed by atoms with van der Waals surface area (Å²) >= 11 is 0. The molecule has 5 rings (SSSR count). The van der Waals surface area contributed by atoms with E-state index in [2.05, 4.69) is 69.6 Å². The van der Waals surface area contributed by atoms with E-state index in [1.807, 2.05) is 11.3 Å². The lowest BCUT2D eigenvalue weighted by Crippen LogP contribution is -2.40. The first-order valence-electron chi connectivity index (χ1n) is 15.0. The summed E-state index contributed by atoms with van der Waals surface area (Å²) in [6.45, 7) is 18.5. The van der Waals surface area contributed by atoms with E-state index in [9.17, 15) is 0 Å². The van der Waals surface area contributed by atoms with Crippen LogP contribution in [0.5, 0.6) is 0 Å². The van der Waals surface area contributed by atoms with Gasteiger partial charge in [0.25, 0.3) is 0 Å². The van der Waals surface area contributed by atoms with Crippen molar-refractivity contribution in [3.05, 3.63) is 35.1 Å². The third-order valence-electron chi connectivity index (χ3n) is 10.5. The van der Waals surface area contributed by atoms with Gasteiger partial charge in [0.2, 0.25) is 0 Å². The molecule has 7 unspecified atom stereocenters. The van der Waals surface area contributed by atoms with Gasteiger partial charge in [0, 0.05) is 36.2 Å². The van der Waals surface area contributed by atoms with Crippen LogP contribution in [0.3, 0.4) is 0 Å². The second kappa shape index (κ2) is 9.79. The van der Waals surface area contributed by atoms with Gasteiger partial charge >= 0.3 is 0 Å². The molecule has 5 aliphatic rings. The van der Waals surface area contributed by atoms with Crippen LogP contribution in [0.2, 0.25) is 0 Å². The van der Waals surface area contributed by atoms with Crippen LogP contribution < -0.4 is 0 Å². The van der Waals surface area contributed by atoms with E-state index in [4.69, 9.17) is 0 Å². The van der Waals surface area contributed by atoms with Gasteiger partial charge in [0.15, 0.2) is 0 Å². The van der Waals surface area contributed by atoms with Gasteiger partial charge in [0.1, 0.15) is 0 Å². The Balaban J connectivity index is 1.51. The zero-order valence-electron chi connectivity index (χ0n) is 23.2. The minimum absolute atomic E-state index is 0.411. The van der Waals surface area contributed by atoms with Crippen LogP contribution in [0.4, 0.5) is 0 Å². The summed E-state index contributed by atoms with van der Waals surface area (Å²) in [5.74, 6) is 4.14. The minimum atomic E-state index is 0.411. The van der Waals surface area contributed by atoms with Crippen molar-refractivity contribution in [1.29, 1.82) is 0 Å². The van der Waals surface area contributed by atoms with E-state index in [0.29, 0.717) is 11.5 Å². The van der Waals surface area contributed by atoms with Crippen molar-refractivity contribution in [2.24, 2.45) is 35.0 Å². The highest BCUT2D eigenvalue weighted by molar-refractivity contribution is 5.45. The number of nitrogens with zero attached hydrogens (tertiary/aromatic N) is 2. The Labute approximate surface area is 210 Å². The molecule has 3 aliphatic carbocycles. The number of allylic oxidation sites excluding steroid dienone is 5. The highest BCUT2D eigenvalue weighted by Crippen LogP contribution is 2.62. The van der Waals surface area contributed by atoms with Crippen LogP contribution >= 0.6 is 0 Å². The zero-order chi connectivity index (χ0) is 24.0. The van der Waals surface area contributed by atoms with Crippen LogP contribution in [-0.4, -0.2) is 41.5 Å². The minimum Gasteiger partial charge on any atom is -0.371 e. The molecule has 4 fully saturated rings. The first-order chi connectivity index (χ1) is 16.4. The maximum atomic E-state index is 3.02. The summed E-state index contributed by atoms with van der Waals surface area (Å²) in [7, 11) is 0. The monoisotopic (exact) mass is 464 g/mol. The second-order valence-electron chi connectivity index (χ2n) is 13.1. The molecule has 0 aromatic rings. The molecule has 190 valence electrons. The summed E-state index contributed by atoms with van der Waals surface area (Å²) in [6, 6.07) is 1.51. The lowest BCUT2D eigenvalue weighted by Gasteiger charge is -2.39. The third-order valence-corrected chi connectivity index (χ3v) is 10.5. The third kappa shape index (κ3) is 4.25. The molecule has 0 amide bonds.